The van der Waals surface area contributed by atoms with Crippen LogP contribution in [-0.4, -0.2) is 24.4 Å². The molecule has 0 atom stereocenters. The summed E-state index contributed by atoms with van der Waals surface area (Å²) in [6.45, 7) is -0.581. The summed E-state index contributed by atoms with van der Waals surface area (Å²) in [5.74, 6) is -2.07. The van der Waals surface area contributed by atoms with E-state index in [1.165, 1.54) is 36.0 Å². The average Bonchev–Trinajstić information content (AvgIpc) is 3.37. The molecule has 2 amide bonds. The van der Waals surface area contributed by atoms with E-state index in [1.54, 1.807) is 6.07 Å². The van der Waals surface area contributed by atoms with Gasteiger partial charge in [-0.15, -0.1) is 11.3 Å². The Morgan fingerprint density at radius 3 is 2.64 bits per heavy atom. The maximum atomic E-state index is 12.1. The van der Waals surface area contributed by atoms with E-state index in [9.17, 15) is 14.4 Å². The first-order chi connectivity index (χ1) is 12.1. The number of esters is 1. The zero-order chi connectivity index (χ0) is 17.6. The molecule has 3 heterocycles. The Morgan fingerprint density at radius 2 is 1.92 bits per heavy atom. The molecule has 0 bridgehead atoms. The first-order valence-corrected chi connectivity index (χ1v) is 7.94. The number of ether oxygens (including phenoxy) is 1. The van der Waals surface area contributed by atoms with Crippen molar-refractivity contribution in [3.8, 4) is 10.4 Å². The topological polar surface area (TPSA) is 111 Å². The van der Waals surface area contributed by atoms with Crippen molar-refractivity contribution < 1.29 is 28.0 Å². The molecule has 0 aliphatic carbocycles. The maximum Gasteiger partial charge on any atom is 0.375 e. The van der Waals surface area contributed by atoms with E-state index in [2.05, 4.69) is 10.9 Å². The Balaban J connectivity index is 1.50. The molecule has 0 aliphatic heterocycles. The molecule has 8 nitrogen and oxygen atoms in total. The first-order valence-electron chi connectivity index (χ1n) is 7.06. The number of hydrogen-bond acceptors (Lipinski definition) is 7. The highest BCUT2D eigenvalue weighted by Gasteiger charge is 2.20. The third-order valence-corrected chi connectivity index (χ3v) is 3.94. The molecule has 0 saturated carbocycles. The molecular formula is C16H12N2O6S. The van der Waals surface area contributed by atoms with Gasteiger partial charge in [-0.3, -0.25) is 20.4 Å². The highest BCUT2D eigenvalue weighted by Crippen LogP contribution is 2.29. The van der Waals surface area contributed by atoms with Crippen LogP contribution < -0.4 is 10.9 Å². The zero-order valence-corrected chi connectivity index (χ0v) is 13.5. The Kier molecular flexibility index (Phi) is 4.95. The lowest BCUT2D eigenvalue weighted by atomic mass is 10.2. The second kappa shape index (κ2) is 7.49. The van der Waals surface area contributed by atoms with Crippen LogP contribution in [-0.2, 0) is 9.53 Å². The number of furan rings is 2. The van der Waals surface area contributed by atoms with Gasteiger partial charge in [0.25, 0.3) is 5.91 Å². The quantitative estimate of drug-likeness (QED) is 0.533. The molecule has 0 aromatic carbocycles. The van der Waals surface area contributed by atoms with Crippen molar-refractivity contribution in [2.45, 2.75) is 0 Å². The van der Waals surface area contributed by atoms with Crippen LogP contribution in [0.2, 0.25) is 0 Å². The summed E-state index contributed by atoms with van der Waals surface area (Å²) in [6, 6.07) is 8.30. The van der Waals surface area contributed by atoms with Crippen LogP contribution in [0.5, 0.6) is 0 Å². The van der Waals surface area contributed by atoms with Gasteiger partial charge in [0.1, 0.15) is 0 Å². The van der Waals surface area contributed by atoms with Crippen molar-refractivity contribution >= 4 is 29.1 Å². The largest absolute Gasteiger partial charge is 0.459 e. The Morgan fingerprint density at radius 1 is 1.04 bits per heavy atom. The van der Waals surface area contributed by atoms with Gasteiger partial charge < -0.3 is 13.6 Å². The third kappa shape index (κ3) is 3.96. The van der Waals surface area contributed by atoms with E-state index in [0.29, 0.717) is 5.56 Å². The molecule has 0 radical (unpaired) electrons. The van der Waals surface area contributed by atoms with Crippen molar-refractivity contribution in [1.82, 2.24) is 10.9 Å². The summed E-state index contributed by atoms with van der Waals surface area (Å²) in [4.78, 5) is 36.1. The number of thiophene rings is 1. The van der Waals surface area contributed by atoms with Crippen LogP contribution in [0.3, 0.4) is 0 Å². The van der Waals surface area contributed by atoms with Crippen molar-refractivity contribution in [2.24, 2.45) is 0 Å². The number of carbonyl (C=O) groups is 3. The Hall–Kier alpha value is -3.33. The minimum atomic E-state index is -0.777. The monoisotopic (exact) mass is 360 g/mol. The highest BCUT2D eigenvalue weighted by molar-refractivity contribution is 7.13. The molecule has 0 aliphatic rings. The van der Waals surface area contributed by atoms with E-state index in [-0.39, 0.29) is 11.5 Å². The molecule has 3 aromatic rings. The van der Waals surface area contributed by atoms with Crippen molar-refractivity contribution in [2.75, 3.05) is 6.61 Å². The number of rotatable bonds is 5. The summed E-state index contributed by atoms with van der Waals surface area (Å²) in [7, 11) is 0. The highest BCUT2D eigenvalue weighted by atomic mass is 32.1. The second-order valence-electron chi connectivity index (χ2n) is 4.70. The van der Waals surface area contributed by atoms with Gasteiger partial charge in [0.15, 0.2) is 12.4 Å². The van der Waals surface area contributed by atoms with Gasteiger partial charge in [-0.1, -0.05) is 6.07 Å². The van der Waals surface area contributed by atoms with E-state index < -0.39 is 24.4 Å². The van der Waals surface area contributed by atoms with E-state index >= 15 is 0 Å². The second-order valence-corrected chi connectivity index (χ2v) is 5.64. The molecular weight excluding hydrogens is 348 g/mol. The predicted molar refractivity (Wildman–Crippen MR) is 86.6 cm³/mol. The molecule has 0 saturated heterocycles. The lowest BCUT2D eigenvalue weighted by Gasteiger charge is -2.06. The van der Waals surface area contributed by atoms with Crippen LogP contribution in [0.4, 0.5) is 0 Å². The zero-order valence-electron chi connectivity index (χ0n) is 12.7. The van der Waals surface area contributed by atoms with Gasteiger partial charge in [0.2, 0.25) is 5.76 Å². The maximum absolute atomic E-state index is 12.1. The minimum Gasteiger partial charge on any atom is -0.459 e. The standard InChI is InChI=1S/C16H12N2O6S/c19-13(17-18-15(20)11-3-1-6-22-11)9-24-16(21)14-10(5-7-23-14)12-4-2-8-25-12/h1-8H,9H2,(H,17,19)(H,18,20). The van der Waals surface area contributed by atoms with Gasteiger partial charge in [0.05, 0.1) is 12.5 Å². The fourth-order valence-electron chi connectivity index (χ4n) is 1.92. The van der Waals surface area contributed by atoms with Gasteiger partial charge >= 0.3 is 11.9 Å². The molecule has 9 heteroatoms. The summed E-state index contributed by atoms with van der Waals surface area (Å²) in [5.41, 5.74) is 4.83. The average molecular weight is 360 g/mol. The predicted octanol–water partition coefficient (Wildman–Crippen LogP) is 2.22. The lowest BCUT2D eigenvalue weighted by Crippen LogP contribution is -2.43. The van der Waals surface area contributed by atoms with Crippen molar-refractivity contribution in [3.05, 3.63) is 59.8 Å². The molecule has 128 valence electrons. The van der Waals surface area contributed by atoms with Crippen LogP contribution in [0.1, 0.15) is 21.1 Å². The van der Waals surface area contributed by atoms with Crippen LogP contribution in [0.25, 0.3) is 10.4 Å². The number of nitrogens with one attached hydrogen (secondary N) is 2. The fraction of sp³-hybridized carbons (Fsp3) is 0.0625. The Labute approximate surface area is 145 Å². The molecule has 0 spiro atoms. The number of amides is 2. The van der Waals surface area contributed by atoms with Gasteiger partial charge in [-0.05, 0) is 29.6 Å². The van der Waals surface area contributed by atoms with E-state index in [4.69, 9.17) is 13.6 Å². The van der Waals surface area contributed by atoms with Crippen LogP contribution >= 0.6 is 11.3 Å². The SMILES string of the molecule is O=C(COC(=O)c1occc1-c1cccs1)NNC(=O)c1ccco1. The number of carbonyl (C=O) groups excluding carboxylic acids is 3. The number of hydrazine groups is 1. The third-order valence-electron chi connectivity index (χ3n) is 3.03. The molecule has 0 fully saturated rings. The lowest BCUT2D eigenvalue weighted by molar-refractivity contribution is -0.125. The van der Waals surface area contributed by atoms with Crippen molar-refractivity contribution in [1.29, 1.82) is 0 Å². The smallest absolute Gasteiger partial charge is 0.375 e. The molecule has 3 rings (SSSR count). The molecule has 2 N–H and O–H groups in total. The summed E-state index contributed by atoms with van der Waals surface area (Å²) in [6.07, 6.45) is 2.70. The Bertz CT molecular complexity index is 866. The number of hydrogen-bond donors (Lipinski definition) is 2. The van der Waals surface area contributed by atoms with Gasteiger partial charge in [0, 0.05) is 10.4 Å². The fourth-order valence-corrected chi connectivity index (χ4v) is 2.67. The molecule has 3 aromatic heterocycles. The van der Waals surface area contributed by atoms with E-state index in [1.807, 2.05) is 17.5 Å². The summed E-state index contributed by atoms with van der Waals surface area (Å²) < 4.78 is 14.9. The van der Waals surface area contributed by atoms with E-state index in [0.717, 1.165) is 4.88 Å². The molecule has 25 heavy (non-hydrogen) atoms. The summed E-state index contributed by atoms with van der Waals surface area (Å²) >= 11 is 1.44. The normalized spacial score (nSPS) is 10.2. The van der Waals surface area contributed by atoms with Crippen LogP contribution in [0.15, 0.2) is 57.1 Å². The minimum absolute atomic E-state index is 0.00914. The van der Waals surface area contributed by atoms with Gasteiger partial charge in [-0.2, -0.15) is 0 Å². The first kappa shape index (κ1) is 16.5. The van der Waals surface area contributed by atoms with Crippen molar-refractivity contribution in [3.63, 3.8) is 0 Å². The van der Waals surface area contributed by atoms with Gasteiger partial charge in [-0.25, -0.2) is 4.79 Å². The molecule has 0 unspecified atom stereocenters. The van der Waals surface area contributed by atoms with Crippen LogP contribution in [0, 0.1) is 0 Å². The summed E-state index contributed by atoms with van der Waals surface area (Å²) in [5, 5.41) is 1.87.